The highest BCUT2D eigenvalue weighted by atomic mass is 32.2. The van der Waals surface area contributed by atoms with Crippen molar-refractivity contribution in [3.8, 4) is 0 Å². The Morgan fingerprint density at radius 3 is 2.38 bits per heavy atom. The van der Waals surface area contributed by atoms with Crippen molar-refractivity contribution in [2.24, 2.45) is 9.98 Å². The molecule has 4 rings (SSSR count). The highest BCUT2D eigenvalue weighted by molar-refractivity contribution is 7.92. The first-order valence-electron chi connectivity index (χ1n) is 11.8. The molecule has 2 heterocycles. The summed E-state index contributed by atoms with van der Waals surface area (Å²) in [7, 11) is -3.32. The Morgan fingerprint density at radius 1 is 1.00 bits per heavy atom. The molecule has 0 spiro atoms. The third-order valence-electron chi connectivity index (χ3n) is 6.54. The quantitative estimate of drug-likeness (QED) is 0.489. The molecule has 7 heteroatoms. The van der Waals surface area contributed by atoms with Crippen molar-refractivity contribution in [1.82, 2.24) is 0 Å². The number of sulfone groups is 1. The van der Waals surface area contributed by atoms with E-state index in [1.54, 1.807) is 20.1 Å². The molecule has 0 saturated carbocycles. The lowest BCUT2D eigenvalue weighted by Crippen LogP contribution is -2.26. The van der Waals surface area contributed by atoms with Gasteiger partial charge >= 0.3 is 0 Å². The number of halogens is 2. The molecule has 0 radical (unpaired) electrons. The molecule has 180 valence electrons. The Kier molecular flexibility index (Phi) is 7.41. The first-order valence-corrected chi connectivity index (χ1v) is 13.4. The molecule has 0 amide bonds. The van der Waals surface area contributed by atoms with E-state index in [-0.39, 0.29) is 11.6 Å². The van der Waals surface area contributed by atoms with E-state index in [0.717, 1.165) is 36.0 Å². The van der Waals surface area contributed by atoms with Gasteiger partial charge in [0.1, 0.15) is 11.6 Å². The van der Waals surface area contributed by atoms with E-state index in [1.165, 1.54) is 18.2 Å². The zero-order valence-corrected chi connectivity index (χ0v) is 20.4. The van der Waals surface area contributed by atoms with Crippen molar-refractivity contribution >= 4 is 27.3 Å². The van der Waals surface area contributed by atoms with E-state index in [4.69, 9.17) is 0 Å². The van der Waals surface area contributed by atoms with Crippen LogP contribution >= 0.6 is 0 Å². The van der Waals surface area contributed by atoms with Gasteiger partial charge in [-0.25, -0.2) is 17.2 Å². The minimum Gasteiger partial charge on any atom is -0.281 e. The molecule has 4 nitrogen and oxygen atoms in total. The van der Waals surface area contributed by atoms with E-state index in [2.05, 4.69) is 9.98 Å². The molecule has 0 N–H and O–H groups in total. The highest BCUT2D eigenvalue weighted by Gasteiger charge is 2.28. The second kappa shape index (κ2) is 10.3. The second-order valence-electron chi connectivity index (χ2n) is 9.13. The predicted molar refractivity (Wildman–Crippen MR) is 134 cm³/mol. The van der Waals surface area contributed by atoms with E-state index in [9.17, 15) is 17.2 Å². The zero-order chi connectivity index (χ0) is 24.3. The third kappa shape index (κ3) is 5.19. The van der Waals surface area contributed by atoms with Crippen LogP contribution in [0.2, 0.25) is 0 Å². The molecule has 0 aliphatic carbocycles. The molecule has 2 unspecified atom stereocenters. The van der Waals surface area contributed by atoms with Crippen LogP contribution in [0.25, 0.3) is 5.57 Å². The van der Waals surface area contributed by atoms with Crippen molar-refractivity contribution in [3.63, 3.8) is 0 Å². The Morgan fingerprint density at radius 2 is 1.71 bits per heavy atom. The molecule has 2 aromatic carbocycles. The summed E-state index contributed by atoms with van der Waals surface area (Å²) in [4.78, 5) is 8.97. The lowest BCUT2D eigenvalue weighted by molar-refractivity contribution is 0.572. The van der Waals surface area contributed by atoms with Gasteiger partial charge in [-0.2, -0.15) is 0 Å². The van der Waals surface area contributed by atoms with Crippen LogP contribution in [0.5, 0.6) is 0 Å². The van der Waals surface area contributed by atoms with Gasteiger partial charge in [-0.3, -0.25) is 9.98 Å². The minimum absolute atomic E-state index is 0.0227. The van der Waals surface area contributed by atoms with Gasteiger partial charge in [0.05, 0.1) is 16.9 Å². The maximum absolute atomic E-state index is 14.2. The Bertz CT molecular complexity index is 1210. The molecule has 2 aliphatic heterocycles. The number of benzene rings is 2. The van der Waals surface area contributed by atoms with E-state index in [1.807, 2.05) is 30.3 Å². The predicted octanol–water partition coefficient (Wildman–Crippen LogP) is 6.47. The number of aliphatic imine (C=N–C) groups is 2. The van der Waals surface area contributed by atoms with Crippen LogP contribution in [-0.4, -0.2) is 31.0 Å². The summed E-state index contributed by atoms with van der Waals surface area (Å²) in [6.45, 7) is 3.39. The number of nitrogens with zero attached hydrogens (tertiary/aromatic N) is 2. The summed E-state index contributed by atoms with van der Waals surface area (Å²) in [5.41, 5.74) is 3.62. The lowest BCUT2D eigenvalue weighted by atomic mass is 9.96. The summed E-state index contributed by atoms with van der Waals surface area (Å²) in [6, 6.07) is 11.8. The van der Waals surface area contributed by atoms with Crippen LogP contribution in [-0.2, 0) is 9.84 Å². The second-order valence-corrected chi connectivity index (χ2v) is 11.8. The van der Waals surface area contributed by atoms with Crippen molar-refractivity contribution in [1.29, 1.82) is 0 Å². The molecule has 34 heavy (non-hydrogen) atoms. The average Bonchev–Trinajstić information content (AvgIpc) is 3.32. The molecular formula is C27H30F2N2O2S. The minimum atomic E-state index is -3.32. The van der Waals surface area contributed by atoms with E-state index in [0.29, 0.717) is 25.0 Å². The fourth-order valence-corrected chi connectivity index (χ4v) is 5.74. The van der Waals surface area contributed by atoms with Gasteiger partial charge < -0.3 is 0 Å². The average molecular weight is 485 g/mol. The van der Waals surface area contributed by atoms with Crippen molar-refractivity contribution in [3.05, 3.63) is 76.9 Å². The Balaban J connectivity index is 1.54. The first-order chi connectivity index (χ1) is 16.3. The monoisotopic (exact) mass is 484 g/mol. The molecule has 2 aromatic rings. The molecule has 2 aliphatic rings. The summed E-state index contributed by atoms with van der Waals surface area (Å²) in [6.07, 6.45) is 7.84. The summed E-state index contributed by atoms with van der Waals surface area (Å²) in [5, 5.41) is -1.22. The van der Waals surface area contributed by atoms with Crippen molar-refractivity contribution in [2.75, 3.05) is 0 Å². The van der Waals surface area contributed by atoms with Crippen LogP contribution in [0.3, 0.4) is 0 Å². The van der Waals surface area contributed by atoms with Crippen LogP contribution < -0.4 is 0 Å². The first kappa shape index (κ1) is 24.5. The summed E-state index contributed by atoms with van der Waals surface area (Å²) in [5.74, 6) is -1.16. The Hall–Kier alpha value is -2.67. The molecular weight excluding hydrogens is 454 g/mol. The van der Waals surface area contributed by atoms with Gasteiger partial charge in [-0.15, -0.1) is 0 Å². The van der Waals surface area contributed by atoms with Crippen molar-refractivity contribution in [2.45, 2.75) is 69.0 Å². The van der Waals surface area contributed by atoms with Crippen LogP contribution in [0, 0.1) is 11.6 Å². The zero-order valence-electron chi connectivity index (χ0n) is 19.5. The fourth-order valence-electron chi connectivity index (χ4n) is 4.49. The molecule has 0 aromatic heterocycles. The summed E-state index contributed by atoms with van der Waals surface area (Å²) >= 11 is 0. The smallest absolute Gasteiger partial charge is 0.175 e. The fraction of sp³-hybridized carbons (Fsp3) is 0.407. The van der Waals surface area contributed by atoms with Crippen LogP contribution in [0.15, 0.2) is 58.5 Å². The van der Waals surface area contributed by atoms with E-state index >= 15 is 0 Å². The normalized spacial score (nSPS) is 24.0. The van der Waals surface area contributed by atoms with Crippen LogP contribution in [0.4, 0.5) is 8.78 Å². The highest BCUT2D eigenvalue weighted by Crippen LogP contribution is 2.34. The van der Waals surface area contributed by atoms with Gasteiger partial charge in [0, 0.05) is 18.3 Å². The lowest BCUT2D eigenvalue weighted by Gasteiger charge is -2.15. The van der Waals surface area contributed by atoms with Gasteiger partial charge in [0.2, 0.25) is 0 Å². The molecule has 0 saturated heterocycles. The number of allylic oxidation sites excluding steroid dienone is 1. The number of hydrogen-bond acceptors (Lipinski definition) is 4. The van der Waals surface area contributed by atoms with Gasteiger partial charge in [0.25, 0.3) is 0 Å². The van der Waals surface area contributed by atoms with Gasteiger partial charge in [-0.05, 0) is 74.8 Å². The summed E-state index contributed by atoms with van der Waals surface area (Å²) < 4.78 is 53.6. The van der Waals surface area contributed by atoms with Gasteiger partial charge in [0.15, 0.2) is 15.2 Å². The van der Waals surface area contributed by atoms with Crippen molar-refractivity contribution < 1.29 is 17.2 Å². The SMILES string of the molecule is CC(C)S(=O)(=O)C1C/C=C(/c2ccc(C3CCC(c4c(F)cccc4F)=N3)cc2)CCC/C=N\1. The van der Waals surface area contributed by atoms with Crippen LogP contribution in [0.1, 0.15) is 75.1 Å². The number of hydrogen-bond donors (Lipinski definition) is 0. The largest absolute Gasteiger partial charge is 0.281 e. The molecule has 2 atom stereocenters. The Labute approximate surface area is 200 Å². The maximum atomic E-state index is 14.2. The number of rotatable bonds is 5. The maximum Gasteiger partial charge on any atom is 0.175 e. The molecule has 0 fully saturated rings. The third-order valence-corrected chi connectivity index (χ3v) is 8.92. The molecule has 0 bridgehead atoms. The standard InChI is InChI=1S/C27H30F2N2O2S/c1-18(2)34(32,33)26-16-13-19(6-3-4-17-30-26)20-9-11-21(12-10-20)24-14-15-25(31-24)27-22(28)7-5-8-23(27)29/h5,7-13,17-18,24,26H,3-4,6,14-16H2,1-2H3/b19-13+,30-17-. The van der Waals surface area contributed by atoms with Gasteiger partial charge in [-0.1, -0.05) is 36.4 Å². The topological polar surface area (TPSA) is 58.9 Å². The van der Waals surface area contributed by atoms with E-state index < -0.39 is 32.1 Å².